The average molecular weight is 583 g/mol. The number of methoxy groups -OCH3 is 1. The lowest BCUT2D eigenvalue weighted by atomic mass is 10.2. The molecule has 2 heterocycles. The van der Waals surface area contributed by atoms with E-state index in [9.17, 15) is 24.0 Å². The summed E-state index contributed by atoms with van der Waals surface area (Å²) in [6.07, 6.45) is -0.300. The van der Waals surface area contributed by atoms with E-state index in [4.69, 9.17) is 21.1 Å². The van der Waals surface area contributed by atoms with Gasteiger partial charge in [-0.2, -0.15) is 0 Å². The first-order chi connectivity index (χ1) is 19.0. The number of hydrogen-bond donors (Lipinski definition) is 2. The fourth-order valence-corrected chi connectivity index (χ4v) is 4.75. The second-order valence-corrected chi connectivity index (χ2v) is 10.1. The summed E-state index contributed by atoms with van der Waals surface area (Å²) in [5, 5.41) is 5.33. The number of thiazole rings is 1. The highest BCUT2D eigenvalue weighted by molar-refractivity contribution is 7.17. The molecule has 3 amide bonds. The van der Waals surface area contributed by atoms with Crippen LogP contribution < -0.4 is 15.5 Å². The number of rotatable bonds is 8. The summed E-state index contributed by atoms with van der Waals surface area (Å²) in [5.41, 5.74) is 1.25. The van der Waals surface area contributed by atoms with Crippen molar-refractivity contribution in [2.45, 2.75) is 26.9 Å². The first-order valence-electron chi connectivity index (χ1n) is 11.8. The third kappa shape index (κ3) is 5.87. The molecule has 0 saturated carbocycles. The van der Waals surface area contributed by atoms with Gasteiger partial charge in [0.05, 0.1) is 30.2 Å². The summed E-state index contributed by atoms with van der Waals surface area (Å²) in [5.74, 6) is -3.06. The molecule has 2 aromatic carbocycles. The molecule has 0 bridgehead atoms. The van der Waals surface area contributed by atoms with Crippen LogP contribution in [-0.2, 0) is 19.1 Å². The summed E-state index contributed by atoms with van der Waals surface area (Å²) < 4.78 is 9.86. The zero-order chi connectivity index (χ0) is 29.1. The standard InChI is InChI=1S/C27H23ClN4O7S/c1-13(2)39-25(36)15-8-10-18(11-9-15)32-23(34)19(28)20(24(32)35)30-17-7-5-6-16(12-17)22(33)31-27-29-14(3)21(40-27)26(37)38-4/h5-13,30H,1-4H3,(H,29,31,33). The maximum absolute atomic E-state index is 13.2. The largest absolute Gasteiger partial charge is 0.465 e. The quantitative estimate of drug-likeness (QED) is 0.290. The van der Waals surface area contributed by atoms with Gasteiger partial charge in [0.2, 0.25) is 0 Å². The molecule has 1 aromatic heterocycles. The van der Waals surface area contributed by atoms with Crippen molar-refractivity contribution < 1.29 is 33.4 Å². The summed E-state index contributed by atoms with van der Waals surface area (Å²) in [4.78, 5) is 68.1. The Hall–Kier alpha value is -4.55. The Kier molecular flexibility index (Phi) is 8.31. The molecule has 1 aliphatic rings. The predicted molar refractivity (Wildman–Crippen MR) is 149 cm³/mol. The Morgan fingerprint density at radius 3 is 2.35 bits per heavy atom. The number of nitrogens with one attached hydrogen (secondary N) is 2. The average Bonchev–Trinajstić information content (AvgIpc) is 3.39. The lowest BCUT2D eigenvalue weighted by molar-refractivity contribution is -0.120. The van der Waals surface area contributed by atoms with Crippen LogP contribution in [0.4, 0.5) is 16.5 Å². The first kappa shape index (κ1) is 28.5. The van der Waals surface area contributed by atoms with E-state index in [0.29, 0.717) is 11.4 Å². The van der Waals surface area contributed by atoms with Gasteiger partial charge >= 0.3 is 11.9 Å². The minimum atomic E-state index is -0.749. The predicted octanol–water partition coefficient (Wildman–Crippen LogP) is 4.49. The summed E-state index contributed by atoms with van der Waals surface area (Å²) in [6.45, 7) is 5.07. The van der Waals surface area contributed by atoms with Crippen LogP contribution in [-0.4, -0.2) is 47.9 Å². The van der Waals surface area contributed by atoms with Crippen LogP contribution in [0.25, 0.3) is 0 Å². The molecule has 0 atom stereocenters. The molecule has 0 unspecified atom stereocenters. The summed E-state index contributed by atoms with van der Waals surface area (Å²) in [6, 6.07) is 11.9. The number of imide groups is 1. The number of halogens is 1. The van der Waals surface area contributed by atoms with E-state index < -0.39 is 29.7 Å². The van der Waals surface area contributed by atoms with Crippen molar-refractivity contribution in [3.8, 4) is 0 Å². The monoisotopic (exact) mass is 582 g/mol. The maximum Gasteiger partial charge on any atom is 0.350 e. The maximum atomic E-state index is 13.2. The van der Waals surface area contributed by atoms with Crippen LogP contribution in [0.5, 0.6) is 0 Å². The van der Waals surface area contributed by atoms with E-state index in [1.54, 1.807) is 32.9 Å². The van der Waals surface area contributed by atoms with Gasteiger partial charge in [-0.1, -0.05) is 29.0 Å². The number of ether oxygens (including phenoxy) is 2. The van der Waals surface area contributed by atoms with Gasteiger partial charge in [-0.3, -0.25) is 19.7 Å². The van der Waals surface area contributed by atoms with E-state index in [-0.39, 0.29) is 43.7 Å². The molecular weight excluding hydrogens is 560 g/mol. The Bertz CT molecular complexity index is 1560. The van der Waals surface area contributed by atoms with Crippen LogP contribution >= 0.6 is 22.9 Å². The van der Waals surface area contributed by atoms with Crippen molar-refractivity contribution in [2.24, 2.45) is 0 Å². The molecule has 0 fully saturated rings. The highest BCUT2D eigenvalue weighted by atomic mass is 35.5. The highest BCUT2D eigenvalue weighted by Crippen LogP contribution is 2.31. The van der Waals surface area contributed by atoms with E-state index in [1.807, 2.05) is 0 Å². The van der Waals surface area contributed by atoms with Gasteiger partial charge < -0.3 is 14.8 Å². The van der Waals surface area contributed by atoms with Gasteiger partial charge in [0.1, 0.15) is 15.6 Å². The minimum absolute atomic E-state index is 0.175. The van der Waals surface area contributed by atoms with E-state index in [0.717, 1.165) is 16.2 Å². The Morgan fingerprint density at radius 1 is 1.00 bits per heavy atom. The van der Waals surface area contributed by atoms with Crippen LogP contribution in [0.2, 0.25) is 0 Å². The molecule has 0 aliphatic carbocycles. The number of nitrogens with zero attached hydrogens (tertiary/aromatic N) is 2. The molecule has 11 nitrogen and oxygen atoms in total. The smallest absolute Gasteiger partial charge is 0.350 e. The van der Waals surface area contributed by atoms with Gasteiger partial charge in [-0.15, -0.1) is 0 Å². The van der Waals surface area contributed by atoms with Crippen molar-refractivity contribution in [3.63, 3.8) is 0 Å². The molecule has 0 radical (unpaired) electrons. The van der Waals surface area contributed by atoms with E-state index in [2.05, 4.69) is 15.6 Å². The second-order valence-electron chi connectivity index (χ2n) is 8.72. The van der Waals surface area contributed by atoms with Crippen molar-refractivity contribution in [2.75, 3.05) is 22.6 Å². The SMILES string of the molecule is COC(=O)c1sc(NC(=O)c2cccc(NC3=C(Cl)C(=O)N(c4ccc(C(=O)OC(C)C)cc4)C3=O)c2)nc1C. The Morgan fingerprint density at radius 2 is 1.70 bits per heavy atom. The van der Waals surface area contributed by atoms with Gasteiger partial charge in [0, 0.05) is 11.3 Å². The second kappa shape index (κ2) is 11.7. The van der Waals surface area contributed by atoms with Gasteiger partial charge in [-0.05, 0) is 63.2 Å². The third-order valence-corrected chi connectivity index (χ3v) is 6.92. The molecule has 4 rings (SSSR count). The number of aryl methyl sites for hydroxylation is 1. The van der Waals surface area contributed by atoms with Crippen molar-refractivity contribution in [1.29, 1.82) is 0 Å². The van der Waals surface area contributed by atoms with Gasteiger partial charge in [-0.25, -0.2) is 19.5 Å². The lowest BCUT2D eigenvalue weighted by Crippen LogP contribution is -2.32. The number of esters is 2. The van der Waals surface area contributed by atoms with Crippen molar-refractivity contribution >= 4 is 69.1 Å². The van der Waals surface area contributed by atoms with Crippen LogP contribution in [0.3, 0.4) is 0 Å². The van der Waals surface area contributed by atoms with Crippen LogP contribution in [0, 0.1) is 6.92 Å². The van der Waals surface area contributed by atoms with Crippen LogP contribution in [0.15, 0.2) is 59.3 Å². The molecule has 0 saturated heterocycles. The Balaban J connectivity index is 1.48. The summed E-state index contributed by atoms with van der Waals surface area (Å²) in [7, 11) is 1.25. The van der Waals surface area contributed by atoms with Crippen molar-refractivity contribution in [1.82, 2.24) is 4.98 Å². The number of anilines is 3. The normalized spacial score (nSPS) is 13.1. The molecule has 206 valence electrons. The molecule has 13 heteroatoms. The lowest BCUT2D eigenvalue weighted by Gasteiger charge is -2.16. The Labute approximate surface area is 237 Å². The van der Waals surface area contributed by atoms with E-state index >= 15 is 0 Å². The fraction of sp³-hybridized carbons (Fsp3) is 0.185. The van der Waals surface area contributed by atoms with Crippen molar-refractivity contribution in [3.05, 3.63) is 81.0 Å². The number of carbonyl (C=O) groups is 5. The fourth-order valence-electron chi connectivity index (χ4n) is 3.66. The molecular formula is C27H23ClN4O7S. The molecule has 0 spiro atoms. The molecule has 1 aliphatic heterocycles. The number of hydrogen-bond acceptors (Lipinski definition) is 10. The highest BCUT2D eigenvalue weighted by Gasteiger charge is 2.39. The number of aromatic nitrogens is 1. The number of carbonyl (C=O) groups excluding carboxylic acids is 5. The first-order valence-corrected chi connectivity index (χ1v) is 13.0. The van der Waals surface area contributed by atoms with E-state index in [1.165, 1.54) is 43.5 Å². The molecule has 3 aromatic rings. The topological polar surface area (TPSA) is 144 Å². The number of benzene rings is 2. The zero-order valence-corrected chi connectivity index (χ0v) is 23.3. The zero-order valence-electron chi connectivity index (χ0n) is 21.7. The molecule has 2 N–H and O–H groups in total. The minimum Gasteiger partial charge on any atom is -0.465 e. The summed E-state index contributed by atoms with van der Waals surface area (Å²) >= 11 is 7.21. The molecule has 40 heavy (non-hydrogen) atoms. The van der Waals surface area contributed by atoms with Gasteiger partial charge in [0.25, 0.3) is 17.7 Å². The van der Waals surface area contributed by atoms with Crippen LogP contribution in [0.1, 0.15) is 49.9 Å². The van der Waals surface area contributed by atoms with Gasteiger partial charge in [0.15, 0.2) is 5.13 Å². The third-order valence-electron chi connectivity index (χ3n) is 5.51. The number of amides is 3.